The number of hydrogen-bond acceptors (Lipinski definition) is 5. The molecule has 7 nitrogen and oxygen atoms in total. The smallest absolute Gasteiger partial charge is 0.410 e. The third kappa shape index (κ3) is 4.15. The summed E-state index contributed by atoms with van der Waals surface area (Å²) < 4.78 is 53.2. The number of ether oxygens (including phenoxy) is 2. The molecule has 10 heteroatoms. The van der Waals surface area contributed by atoms with E-state index in [1.165, 1.54) is 6.20 Å². The van der Waals surface area contributed by atoms with Crippen LogP contribution in [0.3, 0.4) is 0 Å². The van der Waals surface area contributed by atoms with Crippen molar-refractivity contribution in [1.29, 1.82) is 0 Å². The van der Waals surface area contributed by atoms with Gasteiger partial charge in [0.2, 0.25) is 6.79 Å². The van der Waals surface area contributed by atoms with Crippen molar-refractivity contribution in [3.05, 3.63) is 70.9 Å². The van der Waals surface area contributed by atoms with Crippen LogP contribution in [0.25, 0.3) is 0 Å². The van der Waals surface area contributed by atoms with E-state index in [0.717, 1.165) is 27.8 Å². The van der Waals surface area contributed by atoms with Crippen molar-refractivity contribution < 1.29 is 27.4 Å². The molecular formula is C24H23F3N4O3. The third-order valence-electron chi connectivity index (χ3n) is 6.16. The van der Waals surface area contributed by atoms with E-state index in [9.17, 15) is 18.0 Å². The molecule has 0 aliphatic carbocycles. The second-order valence-electron chi connectivity index (χ2n) is 8.31. The van der Waals surface area contributed by atoms with Crippen molar-refractivity contribution in [1.82, 2.24) is 15.1 Å². The average Bonchev–Trinajstić information content (AvgIpc) is 3.48. The number of nitrogens with zero attached hydrogens (tertiary/aromatic N) is 2. The van der Waals surface area contributed by atoms with Crippen molar-refractivity contribution in [2.24, 2.45) is 0 Å². The highest BCUT2D eigenvalue weighted by Crippen LogP contribution is 2.44. The molecule has 2 aliphatic rings. The van der Waals surface area contributed by atoms with Gasteiger partial charge >= 0.3 is 6.18 Å². The minimum absolute atomic E-state index is 0.0568. The molecule has 2 aromatic carbocycles. The molecular weight excluding hydrogens is 449 g/mol. The van der Waals surface area contributed by atoms with Crippen LogP contribution in [0.4, 0.5) is 19.0 Å². The van der Waals surface area contributed by atoms with E-state index in [1.54, 1.807) is 18.2 Å². The van der Waals surface area contributed by atoms with Crippen molar-refractivity contribution in [3.8, 4) is 11.5 Å². The quantitative estimate of drug-likeness (QED) is 0.560. The Bertz CT molecular complexity index is 1210. The topological polar surface area (TPSA) is 77.4 Å². The van der Waals surface area contributed by atoms with Gasteiger partial charge < -0.3 is 20.1 Å². The Morgan fingerprint density at radius 1 is 1.15 bits per heavy atom. The highest BCUT2D eigenvalue weighted by Gasteiger charge is 2.47. The number of fused-ring (bicyclic) bond motifs is 2. The first-order valence-electron chi connectivity index (χ1n) is 11.0. The van der Waals surface area contributed by atoms with Gasteiger partial charge in [-0.25, -0.2) is 4.68 Å². The Labute approximate surface area is 193 Å². The standard InChI is InChI=1S/C24H23F3N4O3/c1-2-14-3-6-16(7-4-14)18-10-21(24(25,26)27)31-22(30-18)17(12-29-31)23(32)28-11-15-5-8-19-20(9-15)34-13-33-19/h3-9,12,18,21,30H,2,10-11,13H2,1H3,(H,28,32)/t18-,21-/m0/s1. The highest BCUT2D eigenvalue weighted by atomic mass is 19.4. The first-order valence-corrected chi connectivity index (χ1v) is 11.0. The fraction of sp³-hybridized carbons (Fsp3) is 0.333. The number of hydrogen-bond donors (Lipinski definition) is 2. The largest absolute Gasteiger partial charge is 0.454 e. The minimum atomic E-state index is -4.51. The molecule has 0 fully saturated rings. The number of halogens is 3. The molecule has 178 valence electrons. The number of alkyl halides is 3. The zero-order valence-corrected chi connectivity index (χ0v) is 18.4. The first kappa shape index (κ1) is 22.1. The fourth-order valence-corrected chi connectivity index (χ4v) is 4.26. The van der Waals surface area contributed by atoms with E-state index in [1.807, 2.05) is 31.2 Å². The van der Waals surface area contributed by atoms with Crippen LogP contribution in [0.1, 0.15) is 52.5 Å². The molecule has 5 rings (SSSR count). The summed E-state index contributed by atoms with van der Waals surface area (Å²) in [5.41, 5.74) is 2.66. The maximum Gasteiger partial charge on any atom is 0.410 e. The van der Waals surface area contributed by atoms with Crippen LogP contribution >= 0.6 is 0 Å². The number of aromatic nitrogens is 2. The van der Waals surface area contributed by atoms with Crippen LogP contribution in [-0.4, -0.2) is 28.7 Å². The number of rotatable bonds is 5. The second-order valence-corrected chi connectivity index (χ2v) is 8.31. The lowest BCUT2D eigenvalue weighted by Gasteiger charge is -2.34. The molecule has 2 aliphatic heterocycles. The van der Waals surface area contributed by atoms with Gasteiger partial charge in [-0.2, -0.15) is 18.3 Å². The van der Waals surface area contributed by atoms with Gasteiger partial charge in [0.25, 0.3) is 5.91 Å². The van der Waals surface area contributed by atoms with Crippen LogP contribution in [0, 0.1) is 0 Å². The Hall–Kier alpha value is -3.69. The van der Waals surface area contributed by atoms with Gasteiger partial charge in [0.05, 0.1) is 12.2 Å². The van der Waals surface area contributed by atoms with Crippen LogP contribution < -0.4 is 20.1 Å². The van der Waals surface area contributed by atoms with Crippen LogP contribution in [0.2, 0.25) is 0 Å². The molecule has 1 aromatic heterocycles. The SMILES string of the molecule is CCc1ccc([C@@H]2C[C@@H](C(F)(F)F)n3ncc(C(=O)NCc4ccc5c(c4)OCO5)c3N2)cc1. The molecule has 3 aromatic rings. The fourth-order valence-electron chi connectivity index (χ4n) is 4.26. The van der Waals surface area contributed by atoms with E-state index in [2.05, 4.69) is 15.7 Å². The molecule has 0 spiro atoms. The second kappa shape index (κ2) is 8.58. The summed E-state index contributed by atoms with van der Waals surface area (Å²) in [5, 5.41) is 9.79. The van der Waals surface area contributed by atoms with E-state index >= 15 is 0 Å². The number of carbonyl (C=O) groups is 1. The molecule has 0 radical (unpaired) electrons. The maximum atomic E-state index is 13.9. The Kier molecular flexibility index (Phi) is 5.59. The summed E-state index contributed by atoms with van der Waals surface area (Å²) in [5.74, 6) is 0.748. The average molecular weight is 472 g/mol. The predicted molar refractivity (Wildman–Crippen MR) is 118 cm³/mol. The van der Waals surface area contributed by atoms with E-state index in [4.69, 9.17) is 9.47 Å². The molecule has 1 amide bonds. The van der Waals surface area contributed by atoms with Gasteiger partial charge in [0.1, 0.15) is 11.4 Å². The Balaban J connectivity index is 1.38. The van der Waals surface area contributed by atoms with Gasteiger partial charge in [-0.15, -0.1) is 0 Å². The lowest BCUT2D eigenvalue weighted by atomic mass is 9.95. The highest BCUT2D eigenvalue weighted by molar-refractivity contribution is 5.98. The summed E-state index contributed by atoms with van der Waals surface area (Å²) in [6.07, 6.45) is -2.71. The van der Waals surface area contributed by atoms with E-state index in [-0.39, 0.29) is 31.1 Å². The monoisotopic (exact) mass is 472 g/mol. The lowest BCUT2D eigenvalue weighted by Crippen LogP contribution is -2.36. The van der Waals surface area contributed by atoms with Gasteiger partial charge in [-0.05, 0) is 35.2 Å². The summed E-state index contributed by atoms with van der Waals surface area (Å²) in [6, 6.07) is 10.3. The molecule has 0 bridgehead atoms. The van der Waals surface area contributed by atoms with Crippen LogP contribution in [0.15, 0.2) is 48.7 Å². The maximum absolute atomic E-state index is 13.9. The summed E-state index contributed by atoms with van der Waals surface area (Å²) in [7, 11) is 0. The first-order chi connectivity index (χ1) is 16.3. The third-order valence-corrected chi connectivity index (χ3v) is 6.16. The van der Waals surface area contributed by atoms with Crippen LogP contribution in [-0.2, 0) is 13.0 Å². The Morgan fingerprint density at radius 2 is 1.88 bits per heavy atom. The predicted octanol–water partition coefficient (Wildman–Crippen LogP) is 4.76. The molecule has 2 N–H and O–H groups in total. The molecule has 34 heavy (non-hydrogen) atoms. The van der Waals surface area contributed by atoms with Gasteiger partial charge in [0.15, 0.2) is 17.5 Å². The number of amides is 1. The number of nitrogens with one attached hydrogen (secondary N) is 2. The summed E-state index contributed by atoms with van der Waals surface area (Å²) >= 11 is 0. The lowest BCUT2D eigenvalue weighted by molar-refractivity contribution is -0.173. The zero-order valence-electron chi connectivity index (χ0n) is 18.4. The molecule has 0 saturated heterocycles. The van der Waals surface area contributed by atoms with E-state index < -0.39 is 24.2 Å². The van der Waals surface area contributed by atoms with Gasteiger partial charge in [-0.1, -0.05) is 37.3 Å². The molecule has 3 heterocycles. The van der Waals surface area contributed by atoms with Gasteiger partial charge in [-0.3, -0.25) is 4.79 Å². The van der Waals surface area contributed by atoms with Crippen LogP contribution in [0.5, 0.6) is 11.5 Å². The van der Waals surface area contributed by atoms with Crippen molar-refractivity contribution in [3.63, 3.8) is 0 Å². The summed E-state index contributed by atoms with van der Waals surface area (Å²) in [6.45, 7) is 2.33. The van der Waals surface area contributed by atoms with Gasteiger partial charge in [0, 0.05) is 13.0 Å². The molecule has 0 unspecified atom stereocenters. The number of benzene rings is 2. The number of aryl methyl sites for hydroxylation is 1. The van der Waals surface area contributed by atoms with Crippen molar-refractivity contribution in [2.45, 2.75) is 44.6 Å². The molecule has 0 saturated carbocycles. The zero-order chi connectivity index (χ0) is 23.9. The number of anilines is 1. The van der Waals surface area contributed by atoms with E-state index in [0.29, 0.717) is 11.5 Å². The van der Waals surface area contributed by atoms with Crippen molar-refractivity contribution >= 4 is 11.7 Å². The van der Waals surface area contributed by atoms with Crippen molar-refractivity contribution in [2.75, 3.05) is 12.1 Å². The molecule has 2 atom stereocenters. The normalized spacial score (nSPS) is 18.8. The summed E-state index contributed by atoms with van der Waals surface area (Å²) in [4.78, 5) is 12.9. The minimum Gasteiger partial charge on any atom is -0.454 e. The number of carbonyl (C=O) groups excluding carboxylic acids is 1. The Morgan fingerprint density at radius 3 is 2.62 bits per heavy atom.